The minimum Gasteiger partial charge on any atom is -0.481 e. The Morgan fingerprint density at radius 3 is 2.61 bits per heavy atom. The van der Waals surface area contributed by atoms with Gasteiger partial charge in [0.05, 0.1) is 6.10 Å². The highest BCUT2D eigenvalue weighted by Crippen LogP contribution is 2.28. The summed E-state index contributed by atoms with van der Waals surface area (Å²) in [6, 6.07) is -0.000138. The highest BCUT2D eigenvalue weighted by Gasteiger charge is 2.28. The molecule has 1 amide bonds. The van der Waals surface area contributed by atoms with Crippen LogP contribution in [0.15, 0.2) is 0 Å². The van der Waals surface area contributed by atoms with E-state index in [2.05, 4.69) is 5.32 Å². The Morgan fingerprint density at radius 2 is 1.96 bits per heavy atom. The van der Waals surface area contributed by atoms with Gasteiger partial charge in [0, 0.05) is 25.0 Å². The van der Waals surface area contributed by atoms with Gasteiger partial charge in [-0.3, -0.25) is 9.59 Å². The first-order valence-corrected chi connectivity index (χ1v) is 9.18. The number of rotatable bonds is 7. The van der Waals surface area contributed by atoms with Crippen LogP contribution in [0.25, 0.3) is 0 Å². The van der Waals surface area contributed by atoms with E-state index < -0.39 is 5.97 Å². The van der Waals surface area contributed by atoms with Crippen LogP contribution in [0.3, 0.4) is 0 Å². The summed E-state index contributed by atoms with van der Waals surface area (Å²) >= 11 is 0. The third kappa shape index (κ3) is 6.50. The summed E-state index contributed by atoms with van der Waals surface area (Å²) in [5.41, 5.74) is 0. The highest BCUT2D eigenvalue weighted by molar-refractivity contribution is 5.79. The maximum Gasteiger partial charge on any atom is 0.303 e. The van der Waals surface area contributed by atoms with Gasteiger partial charge in [-0.2, -0.15) is 0 Å². The first-order valence-electron chi connectivity index (χ1n) is 9.18. The van der Waals surface area contributed by atoms with Gasteiger partial charge in [-0.05, 0) is 38.5 Å². The number of aliphatic carboxylic acids is 1. The van der Waals surface area contributed by atoms with Gasteiger partial charge in [0.15, 0.2) is 0 Å². The van der Waals surface area contributed by atoms with Crippen LogP contribution >= 0.6 is 0 Å². The van der Waals surface area contributed by atoms with Gasteiger partial charge in [0.1, 0.15) is 0 Å². The molecule has 2 rings (SSSR count). The molecule has 2 N–H and O–H groups in total. The lowest BCUT2D eigenvalue weighted by molar-refractivity contribution is -0.138. The average Bonchev–Trinajstić information content (AvgIpc) is 2.53. The summed E-state index contributed by atoms with van der Waals surface area (Å²) in [5.74, 6) is -0.0483. The molecule has 0 radical (unpaired) electrons. The van der Waals surface area contributed by atoms with Crippen molar-refractivity contribution in [2.45, 2.75) is 83.3 Å². The van der Waals surface area contributed by atoms with E-state index in [9.17, 15) is 9.59 Å². The lowest BCUT2D eigenvalue weighted by Crippen LogP contribution is -2.43. The Kier molecular flexibility index (Phi) is 7.34. The quantitative estimate of drug-likeness (QED) is 0.754. The second-order valence-electron chi connectivity index (χ2n) is 7.28. The van der Waals surface area contributed by atoms with Crippen molar-refractivity contribution in [3.05, 3.63) is 0 Å². The van der Waals surface area contributed by atoms with Crippen molar-refractivity contribution in [2.24, 2.45) is 11.8 Å². The summed E-state index contributed by atoms with van der Waals surface area (Å²) < 4.78 is 5.51. The van der Waals surface area contributed by atoms with E-state index in [0.29, 0.717) is 18.9 Å². The number of nitrogens with one attached hydrogen (secondary N) is 1. The lowest BCUT2D eigenvalue weighted by atomic mass is 9.83. The molecule has 1 heterocycles. The number of carboxylic acids is 1. The zero-order chi connectivity index (χ0) is 16.7. The van der Waals surface area contributed by atoms with Crippen LogP contribution < -0.4 is 5.32 Å². The molecule has 0 aromatic rings. The van der Waals surface area contributed by atoms with E-state index in [1.807, 2.05) is 6.92 Å². The minimum atomic E-state index is -0.785. The molecule has 5 nitrogen and oxygen atoms in total. The summed E-state index contributed by atoms with van der Waals surface area (Å²) in [6.45, 7) is 2.64. The van der Waals surface area contributed by atoms with E-state index in [-0.39, 0.29) is 30.4 Å². The fourth-order valence-corrected chi connectivity index (χ4v) is 3.93. The predicted octanol–water partition coefficient (Wildman–Crippen LogP) is 3.12. The number of hydrogen-bond donors (Lipinski definition) is 2. The van der Waals surface area contributed by atoms with Gasteiger partial charge in [-0.1, -0.05) is 32.1 Å². The molecule has 2 aliphatic rings. The van der Waals surface area contributed by atoms with E-state index in [1.54, 1.807) is 0 Å². The molecule has 5 heteroatoms. The molecule has 132 valence electrons. The van der Waals surface area contributed by atoms with Crippen LogP contribution in [0.1, 0.15) is 71.1 Å². The van der Waals surface area contributed by atoms with Crippen LogP contribution in [-0.4, -0.2) is 35.7 Å². The standard InChI is InChI=1S/C18H31NO4/c1-13-11-15(9-10-23-13)18(22)19-16(7-8-17(20)21)12-14-5-3-2-4-6-14/h13-16H,2-12H2,1H3,(H,19,22)(H,20,21). The average molecular weight is 325 g/mol. The monoisotopic (exact) mass is 325 g/mol. The summed E-state index contributed by atoms with van der Waals surface area (Å²) in [4.78, 5) is 23.4. The summed E-state index contributed by atoms with van der Waals surface area (Å²) in [6.07, 6.45) is 9.53. The maximum atomic E-state index is 12.5. The fourth-order valence-electron chi connectivity index (χ4n) is 3.93. The van der Waals surface area contributed by atoms with Gasteiger partial charge < -0.3 is 15.2 Å². The van der Waals surface area contributed by atoms with Crippen LogP contribution in [-0.2, 0) is 14.3 Å². The number of carbonyl (C=O) groups is 2. The number of ether oxygens (including phenoxy) is 1. The molecule has 2 fully saturated rings. The van der Waals surface area contributed by atoms with Crippen molar-refractivity contribution in [2.75, 3.05) is 6.61 Å². The smallest absolute Gasteiger partial charge is 0.303 e. The Balaban J connectivity index is 1.86. The molecule has 1 saturated heterocycles. The molecule has 0 bridgehead atoms. The van der Waals surface area contributed by atoms with Gasteiger partial charge in [-0.25, -0.2) is 0 Å². The third-order valence-corrected chi connectivity index (χ3v) is 5.25. The van der Waals surface area contributed by atoms with Crippen molar-refractivity contribution in [1.29, 1.82) is 0 Å². The van der Waals surface area contributed by atoms with Crippen LogP contribution in [0.5, 0.6) is 0 Å². The largest absolute Gasteiger partial charge is 0.481 e. The van der Waals surface area contributed by atoms with E-state index in [4.69, 9.17) is 9.84 Å². The fraction of sp³-hybridized carbons (Fsp3) is 0.889. The second kappa shape index (κ2) is 9.26. The molecule has 1 aliphatic carbocycles. The molecular formula is C18H31NO4. The normalized spacial score (nSPS) is 27.3. The van der Waals surface area contributed by atoms with Crippen molar-refractivity contribution in [1.82, 2.24) is 5.32 Å². The third-order valence-electron chi connectivity index (χ3n) is 5.25. The maximum absolute atomic E-state index is 12.5. The summed E-state index contributed by atoms with van der Waals surface area (Å²) in [7, 11) is 0. The number of carbonyl (C=O) groups excluding carboxylic acids is 1. The molecule has 3 unspecified atom stereocenters. The molecule has 0 aromatic heterocycles. The van der Waals surface area contributed by atoms with Crippen LogP contribution in [0.2, 0.25) is 0 Å². The topological polar surface area (TPSA) is 75.6 Å². The first kappa shape index (κ1) is 18.2. The molecule has 0 spiro atoms. The zero-order valence-corrected chi connectivity index (χ0v) is 14.3. The Labute approximate surface area is 139 Å². The minimum absolute atomic E-state index is 0.000138. The second-order valence-corrected chi connectivity index (χ2v) is 7.28. The Bertz CT molecular complexity index is 392. The number of amides is 1. The van der Waals surface area contributed by atoms with E-state index >= 15 is 0 Å². The number of hydrogen-bond acceptors (Lipinski definition) is 3. The molecule has 1 saturated carbocycles. The highest BCUT2D eigenvalue weighted by atomic mass is 16.5. The van der Waals surface area contributed by atoms with Crippen molar-refractivity contribution in [3.8, 4) is 0 Å². The Hall–Kier alpha value is -1.10. The van der Waals surface area contributed by atoms with Crippen molar-refractivity contribution >= 4 is 11.9 Å². The van der Waals surface area contributed by atoms with Gasteiger partial charge >= 0.3 is 5.97 Å². The Morgan fingerprint density at radius 1 is 1.22 bits per heavy atom. The molecule has 0 aromatic carbocycles. The predicted molar refractivity (Wildman–Crippen MR) is 88.1 cm³/mol. The van der Waals surface area contributed by atoms with Crippen LogP contribution in [0, 0.1) is 11.8 Å². The van der Waals surface area contributed by atoms with E-state index in [1.165, 1.54) is 32.1 Å². The van der Waals surface area contributed by atoms with Crippen molar-refractivity contribution in [3.63, 3.8) is 0 Å². The SMILES string of the molecule is CC1CC(C(=O)NC(CCC(=O)O)CC2CCCCC2)CCO1. The molecule has 1 aliphatic heterocycles. The van der Waals surface area contributed by atoms with Gasteiger partial charge in [-0.15, -0.1) is 0 Å². The molecule has 3 atom stereocenters. The van der Waals surface area contributed by atoms with Gasteiger partial charge in [0.25, 0.3) is 0 Å². The lowest BCUT2D eigenvalue weighted by Gasteiger charge is -2.30. The van der Waals surface area contributed by atoms with Gasteiger partial charge in [0.2, 0.25) is 5.91 Å². The van der Waals surface area contributed by atoms with Crippen LogP contribution in [0.4, 0.5) is 0 Å². The van der Waals surface area contributed by atoms with E-state index in [0.717, 1.165) is 19.3 Å². The van der Waals surface area contributed by atoms with Crippen molar-refractivity contribution < 1.29 is 19.4 Å². The molecular weight excluding hydrogens is 294 g/mol. The zero-order valence-electron chi connectivity index (χ0n) is 14.3. The molecule has 23 heavy (non-hydrogen) atoms. The number of carboxylic acid groups (broad SMARTS) is 1. The summed E-state index contributed by atoms with van der Waals surface area (Å²) in [5, 5.41) is 12.1. The first-order chi connectivity index (χ1) is 11.0.